The monoisotopic (exact) mass is 258 g/mol. The van der Waals surface area contributed by atoms with Gasteiger partial charge in [-0.05, 0) is 18.1 Å². The third-order valence-corrected chi connectivity index (χ3v) is 3.63. The lowest BCUT2D eigenvalue weighted by atomic mass is 9.97. The quantitative estimate of drug-likeness (QED) is 0.899. The smallest absolute Gasteiger partial charge is 0.0951 e. The van der Waals surface area contributed by atoms with E-state index in [1.54, 1.807) is 6.20 Å². The zero-order chi connectivity index (χ0) is 13.1. The van der Waals surface area contributed by atoms with E-state index in [1.807, 2.05) is 24.8 Å². The minimum atomic E-state index is -0.0123. The molecule has 100 valence electrons. The van der Waals surface area contributed by atoms with Crippen LogP contribution in [0.1, 0.15) is 23.7 Å². The lowest BCUT2D eigenvalue weighted by Gasteiger charge is -2.19. The van der Waals surface area contributed by atoms with Crippen molar-refractivity contribution < 1.29 is 4.74 Å². The van der Waals surface area contributed by atoms with Crippen LogP contribution in [0, 0.1) is 5.92 Å². The Labute approximate surface area is 112 Å². The Kier molecular flexibility index (Phi) is 3.57. The largest absolute Gasteiger partial charge is 0.381 e. The Hall–Kier alpha value is -1.72. The summed E-state index contributed by atoms with van der Waals surface area (Å²) in [6.45, 7) is 2.32. The molecule has 1 aliphatic rings. The molecule has 0 aliphatic carbocycles. The van der Waals surface area contributed by atoms with Crippen LogP contribution in [0.3, 0.4) is 0 Å². The lowest BCUT2D eigenvalue weighted by Crippen LogP contribution is -2.24. The molecular formula is C14H18N4O. The maximum absolute atomic E-state index is 6.34. The van der Waals surface area contributed by atoms with Crippen LogP contribution in [0.25, 0.3) is 0 Å². The molecule has 0 saturated carbocycles. The van der Waals surface area contributed by atoms with Gasteiger partial charge in [-0.15, -0.1) is 0 Å². The molecule has 3 heterocycles. The topological polar surface area (TPSA) is 66.0 Å². The fraction of sp³-hybridized carbons (Fsp3) is 0.429. The predicted molar refractivity (Wildman–Crippen MR) is 71.4 cm³/mol. The van der Waals surface area contributed by atoms with Crippen molar-refractivity contribution in [3.8, 4) is 0 Å². The summed E-state index contributed by atoms with van der Waals surface area (Å²) in [4.78, 5) is 8.36. The fourth-order valence-electron chi connectivity index (χ4n) is 2.51. The molecule has 2 aromatic rings. The van der Waals surface area contributed by atoms with E-state index in [0.29, 0.717) is 5.92 Å². The van der Waals surface area contributed by atoms with Crippen molar-refractivity contribution in [2.24, 2.45) is 11.7 Å². The van der Waals surface area contributed by atoms with E-state index < -0.39 is 0 Å². The number of hydrogen-bond donors (Lipinski definition) is 1. The second kappa shape index (κ2) is 5.50. The number of ether oxygens (including phenoxy) is 1. The van der Waals surface area contributed by atoms with Crippen molar-refractivity contribution in [3.05, 3.63) is 48.3 Å². The van der Waals surface area contributed by atoms with Gasteiger partial charge in [-0.2, -0.15) is 0 Å². The molecule has 0 amide bonds. The Morgan fingerprint density at radius 3 is 3.11 bits per heavy atom. The molecule has 2 aromatic heterocycles. The molecule has 3 rings (SSSR count). The first-order valence-electron chi connectivity index (χ1n) is 6.57. The first kappa shape index (κ1) is 12.3. The highest BCUT2D eigenvalue weighted by Crippen LogP contribution is 2.26. The van der Waals surface area contributed by atoms with Crippen LogP contribution >= 0.6 is 0 Å². The second-order valence-corrected chi connectivity index (χ2v) is 4.96. The van der Waals surface area contributed by atoms with Crippen LogP contribution in [0.5, 0.6) is 0 Å². The number of hydrogen-bond acceptors (Lipinski definition) is 4. The van der Waals surface area contributed by atoms with E-state index in [1.165, 1.54) is 0 Å². The van der Waals surface area contributed by atoms with Crippen molar-refractivity contribution in [1.29, 1.82) is 0 Å². The molecule has 0 bridgehead atoms. The molecule has 19 heavy (non-hydrogen) atoms. The number of rotatable bonds is 4. The van der Waals surface area contributed by atoms with Crippen LogP contribution < -0.4 is 5.73 Å². The average molecular weight is 258 g/mol. The Morgan fingerprint density at radius 1 is 1.42 bits per heavy atom. The van der Waals surface area contributed by atoms with Gasteiger partial charge in [-0.3, -0.25) is 4.98 Å². The predicted octanol–water partition coefficient (Wildman–Crippen LogP) is 1.36. The SMILES string of the molecule is NC(c1cncn1Cc1cccnc1)C1CCOC1. The van der Waals surface area contributed by atoms with Crippen molar-refractivity contribution >= 4 is 0 Å². The average Bonchev–Trinajstić information content (AvgIpc) is 3.10. The molecule has 5 heteroatoms. The van der Waals surface area contributed by atoms with Gasteiger partial charge >= 0.3 is 0 Å². The molecule has 2 unspecified atom stereocenters. The van der Waals surface area contributed by atoms with E-state index in [-0.39, 0.29) is 6.04 Å². The standard InChI is InChI=1S/C14H18N4O/c15-14(12-3-5-19-9-12)13-7-17-10-18(13)8-11-2-1-4-16-6-11/h1-2,4,6-7,10,12,14H,3,5,8-9,15H2. The normalized spacial score (nSPS) is 20.6. The minimum absolute atomic E-state index is 0.0123. The Balaban J connectivity index is 1.78. The van der Waals surface area contributed by atoms with Crippen LogP contribution in [-0.4, -0.2) is 27.7 Å². The van der Waals surface area contributed by atoms with Crippen LogP contribution in [0.2, 0.25) is 0 Å². The molecule has 5 nitrogen and oxygen atoms in total. The first-order chi connectivity index (χ1) is 9.34. The van der Waals surface area contributed by atoms with Crippen LogP contribution in [0.15, 0.2) is 37.1 Å². The molecule has 0 aromatic carbocycles. The molecule has 1 saturated heterocycles. The van der Waals surface area contributed by atoms with Crippen molar-refractivity contribution in [2.45, 2.75) is 19.0 Å². The summed E-state index contributed by atoms with van der Waals surface area (Å²) in [6, 6.07) is 3.99. The third kappa shape index (κ3) is 2.67. The van der Waals surface area contributed by atoms with Gasteiger partial charge in [0.15, 0.2) is 0 Å². The fourth-order valence-corrected chi connectivity index (χ4v) is 2.51. The summed E-state index contributed by atoms with van der Waals surface area (Å²) in [7, 11) is 0. The van der Waals surface area contributed by atoms with Gasteiger partial charge in [-0.1, -0.05) is 6.07 Å². The van der Waals surface area contributed by atoms with Gasteiger partial charge in [0.2, 0.25) is 0 Å². The van der Waals surface area contributed by atoms with Crippen molar-refractivity contribution in [3.63, 3.8) is 0 Å². The first-order valence-corrected chi connectivity index (χ1v) is 6.57. The van der Waals surface area contributed by atoms with E-state index in [9.17, 15) is 0 Å². The number of nitrogens with zero attached hydrogens (tertiary/aromatic N) is 3. The number of pyridine rings is 1. The minimum Gasteiger partial charge on any atom is -0.381 e. The van der Waals surface area contributed by atoms with Crippen LogP contribution in [-0.2, 0) is 11.3 Å². The number of nitrogens with two attached hydrogens (primary N) is 1. The van der Waals surface area contributed by atoms with Gasteiger partial charge in [0, 0.05) is 31.1 Å². The summed E-state index contributed by atoms with van der Waals surface area (Å²) in [5.74, 6) is 0.393. The molecular weight excluding hydrogens is 240 g/mol. The van der Waals surface area contributed by atoms with Crippen LogP contribution in [0.4, 0.5) is 0 Å². The molecule has 0 spiro atoms. The summed E-state index contributed by atoms with van der Waals surface area (Å²) < 4.78 is 7.51. The maximum Gasteiger partial charge on any atom is 0.0951 e. The summed E-state index contributed by atoms with van der Waals surface area (Å²) in [5.41, 5.74) is 8.56. The Morgan fingerprint density at radius 2 is 2.37 bits per heavy atom. The zero-order valence-electron chi connectivity index (χ0n) is 10.8. The molecule has 0 radical (unpaired) electrons. The third-order valence-electron chi connectivity index (χ3n) is 3.63. The highest BCUT2D eigenvalue weighted by molar-refractivity contribution is 5.13. The second-order valence-electron chi connectivity index (χ2n) is 4.96. The van der Waals surface area contributed by atoms with E-state index in [0.717, 1.165) is 37.4 Å². The van der Waals surface area contributed by atoms with E-state index >= 15 is 0 Å². The highest BCUT2D eigenvalue weighted by Gasteiger charge is 2.26. The summed E-state index contributed by atoms with van der Waals surface area (Å²) in [5, 5.41) is 0. The number of imidazole rings is 1. The van der Waals surface area contributed by atoms with Gasteiger partial charge in [-0.25, -0.2) is 4.98 Å². The van der Waals surface area contributed by atoms with Gasteiger partial charge in [0.05, 0.1) is 31.2 Å². The Bertz CT molecular complexity index is 519. The molecule has 2 N–H and O–H groups in total. The zero-order valence-corrected chi connectivity index (χ0v) is 10.8. The van der Waals surface area contributed by atoms with Gasteiger partial charge in [0.1, 0.15) is 0 Å². The molecule has 2 atom stereocenters. The van der Waals surface area contributed by atoms with Gasteiger partial charge < -0.3 is 15.0 Å². The maximum atomic E-state index is 6.34. The van der Waals surface area contributed by atoms with E-state index in [4.69, 9.17) is 10.5 Å². The summed E-state index contributed by atoms with van der Waals surface area (Å²) >= 11 is 0. The molecule has 1 aliphatic heterocycles. The van der Waals surface area contributed by atoms with Crippen molar-refractivity contribution in [1.82, 2.24) is 14.5 Å². The summed E-state index contributed by atoms with van der Waals surface area (Å²) in [6.07, 6.45) is 8.37. The highest BCUT2D eigenvalue weighted by atomic mass is 16.5. The molecule has 1 fully saturated rings. The van der Waals surface area contributed by atoms with Crippen molar-refractivity contribution in [2.75, 3.05) is 13.2 Å². The number of aromatic nitrogens is 3. The lowest BCUT2D eigenvalue weighted by molar-refractivity contribution is 0.180. The van der Waals surface area contributed by atoms with E-state index in [2.05, 4.69) is 20.6 Å². The van der Waals surface area contributed by atoms with Gasteiger partial charge in [0.25, 0.3) is 0 Å².